The summed E-state index contributed by atoms with van der Waals surface area (Å²) in [7, 11) is 0. The largest absolute Gasteiger partial charge is 0.369 e. The lowest BCUT2D eigenvalue weighted by Crippen LogP contribution is -2.40. The number of hydrogen-bond donors (Lipinski definition) is 2. The number of nitrogens with two attached hydrogens (primary N) is 1. The number of rotatable bonds is 1. The van der Waals surface area contributed by atoms with Gasteiger partial charge in [-0.2, -0.15) is 0 Å². The zero-order valence-corrected chi connectivity index (χ0v) is 7.36. The number of nitrogens with zero attached hydrogens (tertiary/aromatic N) is 2. The van der Waals surface area contributed by atoms with Crippen LogP contribution in [-0.2, 0) is 4.79 Å². The maximum absolute atomic E-state index is 10.8. The van der Waals surface area contributed by atoms with Crippen LogP contribution in [0.1, 0.15) is 0 Å². The summed E-state index contributed by atoms with van der Waals surface area (Å²) in [5, 5.41) is 12.0. The number of aliphatic hydroxyl groups is 1. The Labute approximate surface area is 78.6 Å². The number of carbonyl (C=O) groups excluding carboxylic acids is 1. The van der Waals surface area contributed by atoms with Crippen molar-refractivity contribution in [3.63, 3.8) is 0 Å². The maximum Gasteiger partial charge on any atom is 0.250 e. The number of carbonyl (C=O) groups is 1. The molecule has 0 saturated heterocycles. The molecule has 6 heteroatoms. The molecule has 0 saturated carbocycles. The molecular formula is C7H7N3O2S. The minimum Gasteiger partial charge on any atom is -0.369 e. The van der Waals surface area contributed by atoms with E-state index >= 15 is 0 Å². The van der Waals surface area contributed by atoms with Crippen molar-refractivity contribution in [1.82, 2.24) is 4.90 Å². The van der Waals surface area contributed by atoms with Crippen LogP contribution in [0.15, 0.2) is 28.4 Å². The van der Waals surface area contributed by atoms with Gasteiger partial charge in [-0.05, 0) is 5.41 Å². The molecule has 0 fully saturated rings. The number of aliphatic hydroxyl groups excluding tert-OH is 1. The molecule has 1 unspecified atom stereocenters. The first-order chi connectivity index (χ1) is 6.20. The van der Waals surface area contributed by atoms with Crippen LogP contribution >= 0.6 is 11.8 Å². The third-order valence-corrected chi connectivity index (χ3v) is 2.54. The first-order valence-electron chi connectivity index (χ1n) is 3.57. The Morgan fingerprint density at radius 2 is 2.54 bits per heavy atom. The van der Waals surface area contributed by atoms with Crippen molar-refractivity contribution in [2.45, 2.75) is 6.23 Å². The lowest BCUT2D eigenvalue weighted by molar-refractivity contribution is -0.116. The Balaban J connectivity index is 2.35. The van der Waals surface area contributed by atoms with E-state index in [2.05, 4.69) is 4.99 Å². The van der Waals surface area contributed by atoms with Crippen molar-refractivity contribution >= 4 is 22.8 Å². The van der Waals surface area contributed by atoms with Crippen molar-refractivity contribution in [3.05, 3.63) is 23.4 Å². The quantitative estimate of drug-likeness (QED) is 0.597. The molecule has 2 heterocycles. The first kappa shape index (κ1) is 8.33. The third kappa shape index (κ3) is 1.24. The molecule has 2 aliphatic rings. The normalized spacial score (nSPS) is 25.3. The number of fused-ring (bicyclic) bond motifs is 1. The molecule has 0 radical (unpaired) electrons. The van der Waals surface area contributed by atoms with Gasteiger partial charge < -0.3 is 10.8 Å². The molecule has 0 bridgehead atoms. The molecule has 0 aliphatic carbocycles. The SMILES string of the molecule is NC(=O)C1=CN=C2SC=CN2C1O. The van der Waals surface area contributed by atoms with Gasteiger partial charge in [0.1, 0.15) is 0 Å². The van der Waals surface area contributed by atoms with Crippen LogP contribution in [0, 0.1) is 0 Å². The van der Waals surface area contributed by atoms with Crippen molar-refractivity contribution in [3.8, 4) is 0 Å². The number of thioether (sulfide) groups is 1. The molecule has 5 nitrogen and oxygen atoms in total. The molecule has 0 aromatic heterocycles. The predicted molar refractivity (Wildman–Crippen MR) is 49.3 cm³/mol. The highest BCUT2D eigenvalue weighted by molar-refractivity contribution is 8.16. The van der Waals surface area contributed by atoms with Crippen molar-refractivity contribution in [2.75, 3.05) is 0 Å². The van der Waals surface area contributed by atoms with E-state index in [1.54, 1.807) is 11.6 Å². The van der Waals surface area contributed by atoms with Crippen LogP contribution in [0.25, 0.3) is 0 Å². The zero-order chi connectivity index (χ0) is 9.42. The van der Waals surface area contributed by atoms with Gasteiger partial charge in [-0.1, -0.05) is 11.8 Å². The van der Waals surface area contributed by atoms with Crippen LogP contribution < -0.4 is 5.73 Å². The van der Waals surface area contributed by atoms with Crippen LogP contribution in [0.5, 0.6) is 0 Å². The number of aliphatic imine (C=N–C) groups is 1. The van der Waals surface area contributed by atoms with E-state index < -0.39 is 12.1 Å². The summed E-state index contributed by atoms with van der Waals surface area (Å²) < 4.78 is 0. The Hall–Kier alpha value is -1.27. The van der Waals surface area contributed by atoms with Crippen molar-refractivity contribution in [1.29, 1.82) is 0 Å². The van der Waals surface area contributed by atoms with Crippen LogP contribution in [0.4, 0.5) is 0 Å². The number of amidine groups is 1. The summed E-state index contributed by atoms with van der Waals surface area (Å²) in [5.74, 6) is -0.652. The van der Waals surface area contributed by atoms with Crippen molar-refractivity contribution < 1.29 is 9.90 Å². The lowest BCUT2D eigenvalue weighted by Gasteiger charge is -2.26. The Morgan fingerprint density at radius 3 is 3.23 bits per heavy atom. The summed E-state index contributed by atoms with van der Waals surface area (Å²) >= 11 is 1.38. The lowest BCUT2D eigenvalue weighted by atomic mass is 10.2. The molecule has 3 N–H and O–H groups in total. The number of primary amides is 1. The highest BCUT2D eigenvalue weighted by atomic mass is 32.2. The molecule has 1 amide bonds. The Kier molecular flexibility index (Phi) is 1.86. The van der Waals surface area contributed by atoms with Crippen LogP contribution in [0.3, 0.4) is 0 Å². The van der Waals surface area contributed by atoms with E-state index in [4.69, 9.17) is 5.73 Å². The number of hydrogen-bond acceptors (Lipinski definition) is 5. The Morgan fingerprint density at radius 1 is 1.77 bits per heavy atom. The fraction of sp³-hybridized carbons (Fsp3) is 0.143. The Bertz CT molecular complexity index is 348. The molecule has 2 aliphatic heterocycles. The molecule has 2 rings (SSSR count). The second-order valence-corrected chi connectivity index (χ2v) is 3.42. The summed E-state index contributed by atoms with van der Waals surface area (Å²) in [6.45, 7) is 0. The average molecular weight is 197 g/mol. The fourth-order valence-electron chi connectivity index (χ4n) is 1.10. The fourth-order valence-corrected chi connectivity index (χ4v) is 1.81. The van der Waals surface area contributed by atoms with Gasteiger partial charge in [0.2, 0.25) is 0 Å². The average Bonchev–Trinajstić information content (AvgIpc) is 2.52. The van der Waals surface area contributed by atoms with Gasteiger partial charge in [-0.3, -0.25) is 9.69 Å². The summed E-state index contributed by atoms with van der Waals surface area (Å²) in [6, 6.07) is 0. The predicted octanol–water partition coefficient (Wildman–Crippen LogP) is -0.436. The standard InChI is InChI=1S/C7H7N3O2S/c8-5(11)4-3-9-7-10(6(4)12)1-2-13-7/h1-3,6,12H,(H2,8,11). The van der Waals surface area contributed by atoms with Gasteiger partial charge in [0, 0.05) is 12.4 Å². The van der Waals surface area contributed by atoms with Crippen LogP contribution in [0.2, 0.25) is 0 Å². The van der Waals surface area contributed by atoms with Gasteiger partial charge in [-0.15, -0.1) is 0 Å². The molecule has 68 valence electrons. The molecule has 13 heavy (non-hydrogen) atoms. The van der Waals surface area contributed by atoms with E-state index in [0.717, 1.165) is 0 Å². The molecule has 0 spiro atoms. The minimum atomic E-state index is -1.00. The highest BCUT2D eigenvalue weighted by Crippen LogP contribution is 2.27. The summed E-state index contributed by atoms with van der Waals surface area (Å²) in [5.41, 5.74) is 5.15. The second-order valence-electron chi connectivity index (χ2n) is 2.54. The third-order valence-electron chi connectivity index (χ3n) is 1.76. The monoisotopic (exact) mass is 197 g/mol. The number of amides is 1. The molecular weight excluding hydrogens is 190 g/mol. The smallest absolute Gasteiger partial charge is 0.250 e. The second kappa shape index (κ2) is 2.90. The first-order valence-corrected chi connectivity index (χ1v) is 4.45. The molecule has 1 atom stereocenters. The molecule has 0 aromatic rings. The van der Waals surface area contributed by atoms with Crippen molar-refractivity contribution in [2.24, 2.45) is 10.7 Å². The van der Waals surface area contributed by atoms with E-state index in [9.17, 15) is 9.90 Å². The van der Waals surface area contributed by atoms with Gasteiger partial charge in [-0.25, -0.2) is 4.99 Å². The minimum absolute atomic E-state index is 0.107. The van der Waals surface area contributed by atoms with Gasteiger partial charge in [0.15, 0.2) is 11.4 Å². The van der Waals surface area contributed by atoms with E-state index in [0.29, 0.717) is 5.17 Å². The topological polar surface area (TPSA) is 78.9 Å². The van der Waals surface area contributed by atoms with Crippen LogP contribution in [-0.4, -0.2) is 27.3 Å². The van der Waals surface area contributed by atoms with E-state index in [1.165, 1.54) is 22.9 Å². The van der Waals surface area contributed by atoms with E-state index in [1.807, 2.05) is 0 Å². The zero-order valence-electron chi connectivity index (χ0n) is 6.54. The molecule has 0 aromatic carbocycles. The summed E-state index contributed by atoms with van der Waals surface area (Å²) in [4.78, 5) is 16.3. The van der Waals surface area contributed by atoms with Gasteiger partial charge >= 0.3 is 0 Å². The van der Waals surface area contributed by atoms with Gasteiger partial charge in [0.05, 0.1) is 5.57 Å². The summed E-state index contributed by atoms with van der Waals surface area (Å²) in [6.07, 6.45) is 1.96. The van der Waals surface area contributed by atoms with E-state index in [-0.39, 0.29) is 5.57 Å². The maximum atomic E-state index is 10.8. The highest BCUT2D eigenvalue weighted by Gasteiger charge is 2.30. The van der Waals surface area contributed by atoms with Gasteiger partial charge in [0.25, 0.3) is 5.91 Å².